The van der Waals surface area contributed by atoms with Crippen LogP contribution in [0.25, 0.3) is 0 Å². The average Bonchev–Trinajstić information content (AvgIpc) is 2.28. The molecule has 1 aliphatic rings. The zero-order valence-corrected chi connectivity index (χ0v) is 10.6. The van der Waals surface area contributed by atoms with Crippen LogP contribution in [0.3, 0.4) is 0 Å². The molecule has 0 aromatic carbocycles. The van der Waals surface area contributed by atoms with Gasteiger partial charge in [0.05, 0.1) is 0 Å². The van der Waals surface area contributed by atoms with E-state index in [1.54, 1.807) is 0 Å². The summed E-state index contributed by atoms with van der Waals surface area (Å²) < 4.78 is 1.85. The second-order valence-electron chi connectivity index (χ2n) is 5.04. The summed E-state index contributed by atoms with van der Waals surface area (Å²) in [4.78, 5) is 16.1. The van der Waals surface area contributed by atoms with Crippen LogP contribution in [0.4, 0.5) is 0 Å². The van der Waals surface area contributed by atoms with Crippen molar-refractivity contribution in [2.75, 3.05) is 6.54 Å². The zero-order chi connectivity index (χ0) is 12.4. The van der Waals surface area contributed by atoms with Crippen LogP contribution < -0.4 is 11.4 Å². The van der Waals surface area contributed by atoms with Gasteiger partial charge in [0.1, 0.15) is 0 Å². The van der Waals surface area contributed by atoms with Crippen LogP contribution in [0.2, 0.25) is 0 Å². The van der Waals surface area contributed by atoms with Crippen molar-refractivity contribution in [3.8, 4) is 0 Å². The first-order chi connectivity index (χ1) is 8.13. The van der Waals surface area contributed by atoms with E-state index in [4.69, 9.17) is 5.73 Å². The quantitative estimate of drug-likeness (QED) is 0.846. The number of aromatic nitrogens is 2. The highest BCUT2D eigenvalue weighted by Crippen LogP contribution is 2.32. The SMILES string of the molecule is Cc1cc(C)n(C2CCCCC2CN)c(=O)n1. The predicted molar refractivity (Wildman–Crippen MR) is 68.0 cm³/mol. The van der Waals surface area contributed by atoms with Crippen LogP contribution in [-0.2, 0) is 0 Å². The molecule has 2 rings (SSSR count). The Hall–Kier alpha value is -1.16. The molecule has 1 saturated carbocycles. The van der Waals surface area contributed by atoms with E-state index in [9.17, 15) is 4.79 Å². The summed E-state index contributed by atoms with van der Waals surface area (Å²) in [6.45, 7) is 4.50. The van der Waals surface area contributed by atoms with E-state index in [1.807, 2.05) is 24.5 Å². The second kappa shape index (κ2) is 5.00. The lowest BCUT2D eigenvalue weighted by atomic mass is 9.84. The Kier molecular flexibility index (Phi) is 3.62. The summed E-state index contributed by atoms with van der Waals surface area (Å²) in [7, 11) is 0. The molecule has 4 heteroatoms. The minimum atomic E-state index is -0.118. The van der Waals surface area contributed by atoms with Gasteiger partial charge >= 0.3 is 5.69 Å². The molecule has 1 aromatic rings. The van der Waals surface area contributed by atoms with Crippen LogP contribution in [0.5, 0.6) is 0 Å². The maximum absolute atomic E-state index is 12.0. The molecule has 0 spiro atoms. The van der Waals surface area contributed by atoms with Gasteiger partial charge in [0.25, 0.3) is 0 Å². The van der Waals surface area contributed by atoms with Crippen LogP contribution in [-0.4, -0.2) is 16.1 Å². The Morgan fingerprint density at radius 3 is 2.76 bits per heavy atom. The van der Waals surface area contributed by atoms with Crippen molar-refractivity contribution in [2.24, 2.45) is 11.7 Å². The van der Waals surface area contributed by atoms with E-state index >= 15 is 0 Å². The van der Waals surface area contributed by atoms with Gasteiger partial charge in [-0.3, -0.25) is 4.57 Å². The van der Waals surface area contributed by atoms with Gasteiger partial charge in [0.15, 0.2) is 0 Å². The van der Waals surface area contributed by atoms with E-state index in [2.05, 4.69) is 4.98 Å². The van der Waals surface area contributed by atoms with Gasteiger partial charge < -0.3 is 5.73 Å². The van der Waals surface area contributed by atoms with Gasteiger partial charge in [-0.05, 0) is 45.2 Å². The van der Waals surface area contributed by atoms with E-state index in [1.165, 1.54) is 12.8 Å². The summed E-state index contributed by atoms with van der Waals surface area (Å²) >= 11 is 0. The third kappa shape index (κ3) is 2.41. The molecular formula is C13H21N3O. The molecule has 2 unspecified atom stereocenters. The fourth-order valence-electron chi connectivity index (χ4n) is 2.97. The van der Waals surface area contributed by atoms with E-state index in [0.717, 1.165) is 24.2 Å². The normalized spacial score (nSPS) is 24.9. The number of rotatable bonds is 2. The topological polar surface area (TPSA) is 60.9 Å². The third-order valence-corrected chi connectivity index (χ3v) is 3.78. The molecule has 0 aliphatic heterocycles. The molecule has 0 radical (unpaired) electrons. The molecule has 17 heavy (non-hydrogen) atoms. The van der Waals surface area contributed by atoms with Crippen LogP contribution in [0.1, 0.15) is 43.1 Å². The lowest BCUT2D eigenvalue weighted by Crippen LogP contribution is -2.37. The van der Waals surface area contributed by atoms with Crippen LogP contribution >= 0.6 is 0 Å². The first-order valence-corrected chi connectivity index (χ1v) is 6.40. The van der Waals surface area contributed by atoms with Crippen molar-refractivity contribution < 1.29 is 0 Å². The molecule has 1 aromatic heterocycles. The average molecular weight is 235 g/mol. The molecule has 0 bridgehead atoms. The van der Waals surface area contributed by atoms with Crippen LogP contribution in [0, 0.1) is 19.8 Å². The van der Waals surface area contributed by atoms with Crippen molar-refractivity contribution in [3.05, 3.63) is 27.9 Å². The predicted octanol–water partition coefficient (Wildman–Crippen LogP) is 1.55. The molecule has 0 amide bonds. The van der Waals surface area contributed by atoms with Gasteiger partial charge in [0.2, 0.25) is 0 Å². The Labute approximate surface area is 102 Å². The Balaban J connectivity index is 2.41. The lowest BCUT2D eigenvalue weighted by molar-refractivity contribution is 0.235. The summed E-state index contributed by atoms with van der Waals surface area (Å²) in [6.07, 6.45) is 4.58. The number of hydrogen-bond acceptors (Lipinski definition) is 3. The minimum Gasteiger partial charge on any atom is -0.330 e. The number of hydrogen-bond donors (Lipinski definition) is 1. The maximum atomic E-state index is 12.0. The fourth-order valence-corrected chi connectivity index (χ4v) is 2.97. The van der Waals surface area contributed by atoms with Gasteiger partial charge in [-0.25, -0.2) is 4.79 Å². The Morgan fingerprint density at radius 2 is 2.12 bits per heavy atom. The maximum Gasteiger partial charge on any atom is 0.348 e. The highest BCUT2D eigenvalue weighted by atomic mass is 16.1. The van der Waals surface area contributed by atoms with Gasteiger partial charge in [0, 0.05) is 17.4 Å². The van der Waals surface area contributed by atoms with Crippen molar-refractivity contribution in [3.63, 3.8) is 0 Å². The zero-order valence-electron chi connectivity index (χ0n) is 10.6. The molecular weight excluding hydrogens is 214 g/mol. The lowest BCUT2D eigenvalue weighted by Gasteiger charge is -2.33. The number of nitrogens with zero attached hydrogens (tertiary/aromatic N) is 2. The minimum absolute atomic E-state index is 0.118. The summed E-state index contributed by atoms with van der Waals surface area (Å²) in [5.41, 5.74) is 7.51. The van der Waals surface area contributed by atoms with E-state index in [0.29, 0.717) is 12.5 Å². The highest BCUT2D eigenvalue weighted by molar-refractivity contribution is 5.08. The summed E-state index contributed by atoms with van der Waals surface area (Å²) in [5.74, 6) is 0.421. The van der Waals surface area contributed by atoms with Crippen LogP contribution in [0.15, 0.2) is 10.9 Å². The largest absolute Gasteiger partial charge is 0.348 e. The molecule has 2 N–H and O–H groups in total. The molecule has 2 atom stereocenters. The smallest absolute Gasteiger partial charge is 0.330 e. The summed E-state index contributed by atoms with van der Waals surface area (Å²) in [5, 5.41) is 0. The monoisotopic (exact) mass is 235 g/mol. The van der Waals surface area contributed by atoms with Gasteiger partial charge in [-0.15, -0.1) is 0 Å². The number of aryl methyl sites for hydroxylation is 2. The first kappa shape index (κ1) is 12.3. The first-order valence-electron chi connectivity index (χ1n) is 6.40. The molecule has 1 heterocycles. The van der Waals surface area contributed by atoms with Crippen molar-refractivity contribution in [2.45, 2.75) is 45.6 Å². The van der Waals surface area contributed by atoms with E-state index < -0.39 is 0 Å². The molecule has 4 nitrogen and oxygen atoms in total. The molecule has 1 aliphatic carbocycles. The van der Waals surface area contributed by atoms with Crippen molar-refractivity contribution in [1.29, 1.82) is 0 Å². The summed E-state index contributed by atoms with van der Waals surface area (Å²) in [6, 6.07) is 2.22. The fraction of sp³-hybridized carbons (Fsp3) is 0.692. The van der Waals surface area contributed by atoms with Gasteiger partial charge in [-0.1, -0.05) is 12.8 Å². The Morgan fingerprint density at radius 1 is 1.41 bits per heavy atom. The number of nitrogens with two attached hydrogens (primary N) is 1. The van der Waals surface area contributed by atoms with Crippen molar-refractivity contribution >= 4 is 0 Å². The standard InChI is InChI=1S/C13H21N3O/c1-9-7-10(2)16(13(17)15-9)12-6-4-3-5-11(12)8-14/h7,11-12H,3-6,8,14H2,1-2H3. The molecule has 1 fully saturated rings. The highest BCUT2D eigenvalue weighted by Gasteiger charge is 2.27. The Bertz CT molecular complexity index is 452. The second-order valence-corrected chi connectivity index (χ2v) is 5.04. The van der Waals surface area contributed by atoms with E-state index in [-0.39, 0.29) is 11.7 Å². The van der Waals surface area contributed by atoms with Crippen molar-refractivity contribution in [1.82, 2.24) is 9.55 Å². The van der Waals surface area contributed by atoms with Gasteiger partial charge in [-0.2, -0.15) is 4.98 Å². The molecule has 0 saturated heterocycles. The molecule has 94 valence electrons. The third-order valence-electron chi connectivity index (χ3n) is 3.78.